The number of ether oxygens (including phenoxy) is 1. The lowest BCUT2D eigenvalue weighted by atomic mass is 10.1. The first-order valence-electron chi connectivity index (χ1n) is 5.63. The van der Waals surface area contributed by atoms with Gasteiger partial charge in [0.25, 0.3) is 5.56 Å². The molecule has 0 saturated carbocycles. The fourth-order valence-electron chi connectivity index (χ4n) is 1.63. The van der Waals surface area contributed by atoms with Crippen molar-refractivity contribution in [1.29, 1.82) is 0 Å². The van der Waals surface area contributed by atoms with Crippen LogP contribution in [0.4, 0.5) is 0 Å². The maximum Gasteiger partial charge on any atom is 0.343 e. The van der Waals surface area contributed by atoms with Gasteiger partial charge in [-0.05, 0) is 11.6 Å². The molecule has 0 aliphatic carbocycles. The Balaban J connectivity index is 2.45. The molecule has 0 bridgehead atoms. The first-order valence-corrected chi connectivity index (χ1v) is 5.63. The van der Waals surface area contributed by atoms with Crippen molar-refractivity contribution >= 4 is 5.97 Å². The monoisotopic (exact) mass is 259 g/mol. The molecule has 19 heavy (non-hydrogen) atoms. The maximum absolute atomic E-state index is 11.5. The number of hydrogen-bond acceptors (Lipinski definition) is 5. The third kappa shape index (κ3) is 2.69. The molecule has 98 valence electrons. The van der Waals surface area contributed by atoms with Gasteiger partial charge in [0.05, 0.1) is 12.8 Å². The third-order valence-corrected chi connectivity index (χ3v) is 2.69. The van der Waals surface area contributed by atoms with Gasteiger partial charge in [0, 0.05) is 12.1 Å². The summed E-state index contributed by atoms with van der Waals surface area (Å²) in [6.07, 6.45) is 0. The van der Waals surface area contributed by atoms with Crippen LogP contribution in [0.3, 0.4) is 0 Å². The summed E-state index contributed by atoms with van der Waals surface area (Å²) in [6.45, 7) is 0.451. The van der Waals surface area contributed by atoms with Crippen molar-refractivity contribution < 1.29 is 9.53 Å². The van der Waals surface area contributed by atoms with E-state index in [2.05, 4.69) is 14.9 Å². The molecule has 0 spiro atoms. The molecule has 3 N–H and O–H groups in total. The van der Waals surface area contributed by atoms with Crippen molar-refractivity contribution in [2.45, 2.75) is 6.54 Å². The van der Waals surface area contributed by atoms with E-state index in [9.17, 15) is 9.59 Å². The van der Waals surface area contributed by atoms with Crippen molar-refractivity contribution in [2.24, 2.45) is 5.73 Å². The summed E-state index contributed by atoms with van der Waals surface area (Å²) in [5.41, 5.74) is 7.12. The summed E-state index contributed by atoms with van der Waals surface area (Å²) >= 11 is 0. The first-order chi connectivity index (χ1) is 9.15. The highest BCUT2D eigenvalue weighted by Crippen LogP contribution is 2.17. The highest BCUT2D eigenvalue weighted by Gasteiger charge is 2.13. The summed E-state index contributed by atoms with van der Waals surface area (Å²) in [7, 11) is 1.22. The van der Waals surface area contributed by atoms with Crippen LogP contribution in [0.5, 0.6) is 0 Å². The van der Waals surface area contributed by atoms with Crippen LogP contribution in [0.25, 0.3) is 11.3 Å². The normalized spacial score (nSPS) is 10.2. The molecule has 2 aromatic rings. The van der Waals surface area contributed by atoms with Crippen LogP contribution in [0, 0.1) is 0 Å². The van der Waals surface area contributed by atoms with Gasteiger partial charge in [0.2, 0.25) is 0 Å². The topological polar surface area (TPSA) is 98.1 Å². The fourth-order valence-corrected chi connectivity index (χ4v) is 1.63. The molecular weight excluding hydrogens is 246 g/mol. The Morgan fingerprint density at radius 2 is 2.05 bits per heavy atom. The number of aromatic amines is 1. The van der Waals surface area contributed by atoms with E-state index in [1.54, 1.807) is 0 Å². The minimum atomic E-state index is -0.691. The van der Waals surface area contributed by atoms with Crippen LogP contribution in [-0.2, 0) is 11.3 Å². The highest BCUT2D eigenvalue weighted by molar-refractivity contribution is 5.89. The van der Waals surface area contributed by atoms with Crippen LogP contribution >= 0.6 is 0 Å². The largest absolute Gasteiger partial charge is 0.465 e. The van der Waals surface area contributed by atoms with Crippen molar-refractivity contribution in [1.82, 2.24) is 10.2 Å². The molecule has 6 nitrogen and oxygen atoms in total. The molecule has 0 aliphatic rings. The van der Waals surface area contributed by atoms with Crippen molar-refractivity contribution in [2.75, 3.05) is 7.11 Å². The van der Waals surface area contributed by atoms with E-state index in [4.69, 9.17) is 5.73 Å². The molecule has 1 aromatic carbocycles. The maximum atomic E-state index is 11.5. The fraction of sp³-hybridized carbons (Fsp3) is 0.154. The molecule has 0 aliphatic heterocycles. The van der Waals surface area contributed by atoms with Crippen molar-refractivity contribution in [3.05, 3.63) is 51.8 Å². The summed E-state index contributed by atoms with van der Waals surface area (Å²) in [4.78, 5) is 22.9. The number of H-pyrrole nitrogens is 1. The minimum absolute atomic E-state index is 0.0737. The van der Waals surface area contributed by atoms with E-state index >= 15 is 0 Å². The van der Waals surface area contributed by atoms with Gasteiger partial charge in [-0.3, -0.25) is 4.79 Å². The third-order valence-electron chi connectivity index (χ3n) is 2.69. The molecule has 0 fully saturated rings. The SMILES string of the molecule is COC(=O)c1cc(-c2ccc(CN)cc2)n[nH]c1=O. The Labute approximate surface area is 109 Å². The predicted octanol–water partition coefficient (Wildman–Crippen LogP) is 0.682. The second-order valence-corrected chi connectivity index (χ2v) is 3.89. The summed E-state index contributed by atoms with van der Waals surface area (Å²) in [5.74, 6) is -0.691. The summed E-state index contributed by atoms with van der Waals surface area (Å²) < 4.78 is 4.54. The lowest BCUT2D eigenvalue weighted by molar-refractivity contribution is 0.0598. The molecule has 1 aromatic heterocycles. The molecular formula is C13H13N3O3. The molecule has 0 atom stereocenters. The number of benzene rings is 1. The summed E-state index contributed by atoms with van der Waals surface area (Å²) in [5, 5.41) is 6.18. The van der Waals surface area contributed by atoms with Gasteiger partial charge in [-0.25, -0.2) is 9.89 Å². The van der Waals surface area contributed by atoms with Crippen LogP contribution < -0.4 is 11.3 Å². The molecule has 0 saturated heterocycles. The van der Waals surface area contributed by atoms with Gasteiger partial charge < -0.3 is 10.5 Å². The van der Waals surface area contributed by atoms with Gasteiger partial charge >= 0.3 is 5.97 Å². The lowest BCUT2D eigenvalue weighted by Gasteiger charge is -2.03. The van der Waals surface area contributed by atoms with Crippen LogP contribution in [0.1, 0.15) is 15.9 Å². The van der Waals surface area contributed by atoms with E-state index in [1.807, 2.05) is 24.3 Å². The van der Waals surface area contributed by atoms with E-state index < -0.39 is 11.5 Å². The Kier molecular flexibility index (Phi) is 3.72. The standard InChI is InChI=1S/C13H13N3O3/c1-19-13(18)10-6-11(15-16-12(10)17)9-4-2-8(7-14)3-5-9/h2-6H,7,14H2,1H3,(H,16,17). The molecule has 0 unspecified atom stereocenters. The number of methoxy groups -OCH3 is 1. The number of carbonyl (C=O) groups excluding carboxylic acids is 1. The number of nitrogens with two attached hydrogens (primary N) is 1. The Morgan fingerprint density at radius 1 is 1.37 bits per heavy atom. The average Bonchev–Trinajstić information content (AvgIpc) is 2.47. The summed E-state index contributed by atoms with van der Waals surface area (Å²) in [6, 6.07) is 8.77. The second kappa shape index (κ2) is 5.45. The zero-order valence-electron chi connectivity index (χ0n) is 10.3. The van der Waals surface area contributed by atoms with E-state index in [0.717, 1.165) is 11.1 Å². The molecule has 2 rings (SSSR count). The number of rotatable bonds is 3. The second-order valence-electron chi connectivity index (χ2n) is 3.89. The zero-order valence-corrected chi connectivity index (χ0v) is 10.3. The predicted molar refractivity (Wildman–Crippen MR) is 69.5 cm³/mol. The number of carbonyl (C=O) groups is 1. The number of nitrogens with zero attached hydrogens (tertiary/aromatic N) is 1. The van der Waals surface area contributed by atoms with Crippen LogP contribution in [0.2, 0.25) is 0 Å². The first kappa shape index (κ1) is 13.0. The van der Waals surface area contributed by atoms with Gasteiger partial charge in [-0.15, -0.1) is 0 Å². The van der Waals surface area contributed by atoms with E-state index in [0.29, 0.717) is 12.2 Å². The smallest absolute Gasteiger partial charge is 0.343 e. The van der Waals surface area contributed by atoms with Gasteiger partial charge in [-0.1, -0.05) is 24.3 Å². The molecule has 1 heterocycles. The number of esters is 1. The van der Waals surface area contributed by atoms with Crippen LogP contribution in [-0.4, -0.2) is 23.3 Å². The molecule has 0 amide bonds. The highest BCUT2D eigenvalue weighted by atomic mass is 16.5. The van der Waals surface area contributed by atoms with Gasteiger partial charge in [0.15, 0.2) is 0 Å². The van der Waals surface area contributed by atoms with Crippen molar-refractivity contribution in [3.63, 3.8) is 0 Å². The van der Waals surface area contributed by atoms with Gasteiger partial charge in [0.1, 0.15) is 5.56 Å². The van der Waals surface area contributed by atoms with Crippen LogP contribution in [0.15, 0.2) is 35.1 Å². The Hall–Kier alpha value is -2.47. The number of hydrogen-bond donors (Lipinski definition) is 2. The Bertz CT molecular complexity index is 647. The van der Waals surface area contributed by atoms with E-state index in [-0.39, 0.29) is 5.56 Å². The van der Waals surface area contributed by atoms with Crippen molar-refractivity contribution in [3.8, 4) is 11.3 Å². The molecule has 0 radical (unpaired) electrons. The number of aromatic nitrogens is 2. The Morgan fingerprint density at radius 3 is 2.63 bits per heavy atom. The minimum Gasteiger partial charge on any atom is -0.465 e. The average molecular weight is 259 g/mol. The molecule has 6 heteroatoms. The van der Waals surface area contributed by atoms with E-state index in [1.165, 1.54) is 13.2 Å². The number of nitrogens with one attached hydrogen (secondary N) is 1. The quantitative estimate of drug-likeness (QED) is 0.790. The zero-order chi connectivity index (χ0) is 13.8. The van der Waals surface area contributed by atoms with Gasteiger partial charge in [-0.2, -0.15) is 5.10 Å². The lowest BCUT2D eigenvalue weighted by Crippen LogP contribution is -2.20.